The summed E-state index contributed by atoms with van der Waals surface area (Å²) in [5.74, 6) is -0.500. The number of carbonyl (C=O) groups is 2. The highest BCUT2D eigenvalue weighted by Gasteiger charge is 2.21. The van der Waals surface area contributed by atoms with Gasteiger partial charge in [0.2, 0.25) is 9.84 Å². The quantitative estimate of drug-likeness (QED) is 0.666. The lowest BCUT2D eigenvalue weighted by Gasteiger charge is -2.16. The molecular formula is C20H24N2O6S. The Labute approximate surface area is 169 Å². The first-order valence-corrected chi connectivity index (χ1v) is 10.3. The van der Waals surface area contributed by atoms with E-state index in [0.29, 0.717) is 22.6 Å². The third-order valence-electron chi connectivity index (χ3n) is 4.32. The number of benzene rings is 2. The molecule has 4 N–H and O–H groups in total. The van der Waals surface area contributed by atoms with Gasteiger partial charge < -0.3 is 20.9 Å². The fourth-order valence-corrected chi connectivity index (χ4v) is 3.91. The summed E-state index contributed by atoms with van der Waals surface area (Å²) in [5, 5.41) is 0. The van der Waals surface area contributed by atoms with Crippen LogP contribution in [0.25, 0.3) is 0 Å². The van der Waals surface area contributed by atoms with Gasteiger partial charge in [-0.3, -0.25) is 9.59 Å². The highest BCUT2D eigenvalue weighted by Crippen LogP contribution is 2.29. The second-order valence-corrected chi connectivity index (χ2v) is 8.63. The maximum Gasteiger partial charge on any atom is 0.258 e. The van der Waals surface area contributed by atoms with Crippen LogP contribution < -0.4 is 20.9 Å². The van der Waals surface area contributed by atoms with Crippen LogP contribution in [0.4, 0.5) is 0 Å². The summed E-state index contributed by atoms with van der Waals surface area (Å²) in [6, 6.07) is 8.71. The number of carbonyl (C=O) groups excluding carboxylic acids is 2. The largest absolute Gasteiger partial charge is 0.481 e. The van der Waals surface area contributed by atoms with Gasteiger partial charge in [-0.1, -0.05) is 0 Å². The van der Waals surface area contributed by atoms with Crippen LogP contribution in [0.2, 0.25) is 0 Å². The van der Waals surface area contributed by atoms with Crippen LogP contribution >= 0.6 is 0 Å². The number of nitrogens with two attached hydrogens (primary N) is 2. The first-order valence-electron chi connectivity index (χ1n) is 8.81. The number of aryl methyl sites for hydroxylation is 2. The van der Waals surface area contributed by atoms with Crippen LogP contribution in [0.3, 0.4) is 0 Å². The van der Waals surface area contributed by atoms with E-state index in [1.807, 2.05) is 0 Å². The van der Waals surface area contributed by atoms with E-state index in [1.165, 1.54) is 50.2 Å². The molecule has 29 heavy (non-hydrogen) atoms. The van der Waals surface area contributed by atoms with Gasteiger partial charge in [0, 0.05) is 0 Å². The van der Waals surface area contributed by atoms with E-state index in [2.05, 4.69) is 0 Å². The number of primary amides is 2. The van der Waals surface area contributed by atoms with Gasteiger partial charge in [-0.05, 0) is 75.2 Å². The van der Waals surface area contributed by atoms with Crippen molar-refractivity contribution in [2.75, 3.05) is 0 Å². The Morgan fingerprint density at radius 2 is 1.14 bits per heavy atom. The molecule has 0 unspecified atom stereocenters. The number of sulfone groups is 1. The number of rotatable bonds is 8. The van der Waals surface area contributed by atoms with E-state index < -0.39 is 33.9 Å². The summed E-state index contributed by atoms with van der Waals surface area (Å²) in [6.45, 7) is 6.38. The molecule has 0 aliphatic rings. The van der Waals surface area contributed by atoms with Crippen LogP contribution in [0.1, 0.15) is 25.0 Å². The molecule has 0 radical (unpaired) electrons. The molecule has 0 fully saturated rings. The van der Waals surface area contributed by atoms with Crippen molar-refractivity contribution in [2.24, 2.45) is 11.5 Å². The molecule has 156 valence electrons. The molecular weight excluding hydrogens is 396 g/mol. The highest BCUT2D eigenvalue weighted by molar-refractivity contribution is 7.91. The monoisotopic (exact) mass is 420 g/mol. The molecule has 2 atom stereocenters. The van der Waals surface area contributed by atoms with Gasteiger partial charge in [0.25, 0.3) is 11.8 Å². The summed E-state index contributed by atoms with van der Waals surface area (Å²) in [5.41, 5.74) is 11.5. The molecule has 2 aromatic carbocycles. The Balaban J connectivity index is 2.33. The minimum Gasteiger partial charge on any atom is -0.481 e. The van der Waals surface area contributed by atoms with Crippen molar-refractivity contribution in [3.63, 3.8) is 0 Å². The lowest BCUT2D eigenvalue weighted by atomic mass is 10.2. The first kappa shape index (κ1) is 22.2. The summed E-state index contributed by atoms with van der Waals surface area (Å²) >= 11 is 0. The van der Waals surface area contributed by atoms with Gasteiger partial charge in [0.15, 0.2) is 12.2 Å². The van der Waals surface area contributed by atoms with Crippen LogP contribution in [0, 0.1) is 13.8 Å². The molecule has 0 aromatic heterocycles. The summed E-state index contributed by atoms with van der Waals surface area (Å²) in [6.07, 6.45) is -1.68. The van der Waals surface area contributed by atoms with Crippen molar-refractivity contribution in [3.8, 4) is 11.5 Å². The second-order valence-electron chi connectivity index (χ2n) is 6.68. The Hall–Kier alpha value is -3.07. The summed E-state index contributed by atoms with van der Waals surface area (Å²) in [4.78, 5) is 22.5. The van der Waals surface area contributed by atoms with Crippen LogP contribution in [0.5, 0.6) is 11.5 Å². The fourth-order valence-electron chi connectivity index (χ4n) is 2.48. The summed E-state index contributed by atoms with van der Waals surface area (Å²) < 4.78 is 36.9. The molecule has 0 aliphatic heterocycles. The molecule has 2 amide bonds. The summed E-state index contributed by atoms with van der Waals surface area (Å²) in [7, 11) is -3.80. The smallest absolute Gasteiger partial charge is 0.258 e. The zero-order valence-corrected chi connectivity index (χ0v) is 17.4. The van der Waals surface area contributed by atoms with Crippen LogP contribution in [-0.2, 0) is 19.4 Å². The number of amides is 2. The molecule has 0 bridgehead atoms. The second kappa shape index (κ2) is 8.52. The molecule has 0 spiro atoms. The predicted octanol–water partition coefficient (Wildman–Crippen LogP) is 1.64. The molecule has 0 heterocycles. The van der Waals surface area contributed by atoms with Crippen molar-refractivity contribution >= 4 is 21.7 Å². The van der Waals surface area contributed by atoms with Crippen LogP contribution in [0.15, 0.2) is 46.2 Å². The zero-order valence-electron chi connectivity index (χ0n) is 16.6. The van der Waals surface area contributed by atoms with Crippen molar-refractivity contribution < 1.29 is 27.5 Å². The van der Waals surface area contributed by atoms with E-state index in [-0.39, 0.29) is 9.79 Å². The Morgan fingerprint density at radius 3 is 1.41 bits per heavy atom. The lowest BCUT2D eigenvalue weighted by molar-refractivity contribution is -0.124. The van der Waals surface area contributed by atoms with Gasteiger partial charge in [-0.15, -0.1) is 0 Å². The normalized spacial score (nSPS) is 13.4. The van der Waals surface area contributed by atoms with E-state index in [4.69, 9.17) is 20.9 Å². The lowest BCUT2D eigenvalue weighted by Crippen LogP contribution is -2.30. The van der Waals surface area contributed by atoms with E-state index in [0.717, 1.165) is 0 Å². The third-order valence-corrected chi connectivity index (χ3v) is 6.07. The Kier molecular flexibility index (Phi) is 6.53. The maximum absolute atomic E-state index is 13.0. The minimum atomic E-state index is -3.80. The van der Waals surface area contributed by atoms with E-state index in [9.17, 15) is 18.0 Å². The Morgan fingerprint density at radius 1 is 0.793 bits per heavy atom. The Bertz CT molecular complexity index is 971. The van der Waals surface area contributed by atoms with Crippen LogP contribution in [-0.4, -0.2) is 32.4 Å². The zero-order chi connectivity index (χ0) is 21.9. The predicted molar refractivity (Wildman–Crippen MR) is 106 cm³/mol. The van der Waals surface area contributed by atoms with Gasteiger partial charge in [0.05, 0.1) is 9.79 Å². The minimum absolute atomic E-state index is 0.0765. The van der Waals surface area contributed by atoms with E-state index >= 15 is 0 Å². The average Bonchev–Trinajstić information content (AvgIpc) is 2.64. The van der Waals surface area contributed by atoms with Gasteiger partial charge in [-0.2, -0.15) is 0 Å². The molecule has 9 heteroatoms. The van der Waals surface area contributed by atoms with Crippen molar-refractivity contribution in [3.05, 3.63) is 47.5 Å². The van der Waals surface area contributed by atoms with Gasteiger partial charge in [-0.25, -0.2) is 8.42 Å². The third kappa shape index (κ3) is 5.05. The molecule has 8 nitrogen and oxygen atoms in total. The molecule has 2 rings (SSSR count). The van der Waals surface area contributed by atoms with Crippen molar-refractivity contribution in [2.45, 2.75) is 49.7 Å². The number of hydrogen-bond donors (Lipinski definition) is 2. The highest BCUT2D eigenvalue weighted by atomic mass is 32.2. The SMILES string of the molecule is Cc1cc(S(=O)(=O)c2ccc(O[C@@H](C)C(N)=O)c(C)c2)ccc1O[C@@H](C)C(N)=O. The molecule has 0 saturated heterocycles. The standard InChI is InChI=1S/C20H24N2O6S/c1-11-9-15(5-7-17(11)27-13(3)19(21)23)29(25,26)16-6-8-18(12(2)10-16)28-14(4)20(22)24/h5-10,13-14H,1-4H3,(H2,21,23)(H2,22,24)/t13-,14-/m0/s1. The fraction of sp³-hybridized carbons (Fsp3) is 0.300. The molecule has 0 saturated carbocycles. The first-order chi connectivity index (χ1) is 13.4. The number of hydrogen-bond acceptors (Lipinski definition) is 6. The maximum atomic E-state index is 13.0. The topological polar surface area (TPSA) is 139 Å². The number of ether oxygens (including phenoxy) is 2. The average molecular weight is 420 g/mol. The van der Waals surface area contributed by atoms with Crippen molar-refractivity contribution in [1.29, 1.82) is 0 Å². The molecule has 0 aliphatic carbocycles. The van der Waals surface area contributed by atoms with Gasteiger partial charge in [0.1, 0.15) is 11.5 Å². The molecule has 2 aromatic rings. The van der Waals surface area contributed by atoms with Gasteiger partial charge >= 0.3 is 0 Å². The van der Waals surface area contributed by atoms with E-state index in [1.54, 1.807) is 13.8 Å². The van der Waals surface area contributed by atoms with Crippen molar-refractivity contribution in [1.82, 2.24) is 0 Å².